The fourth-order valence-electron chi connectivity index (χ4n) is 1.76. The molecule has 0 amide bonds. The summed E-state index contributed by atoms with van der Waals surface area (Å²) in [6.45, 7) is 0.633. The molecular formula is C15H12Br2ClNO2. The molecule has 0 bridgehead atoms. The van der Waals surface area contributed by atoms with Gasteiger partial charge in [-0.15, -0.1) is 0 Å². The molecule has 0 saturated heterocycles. The van der Waals surface area contributed by atoms with Gasteiger partial charge in [0.15, 0.2) is 0 Å². The van der Waals surface area contributed by atoms with Crippen LogP contribution in [0.4, 0.5) is 5.69 Å². The van der Waals surface area contributed by atoms with Gasteiger partial charge in [0.2, 0.25) is 0 Å². The number of hydrogen-bond donors (Lipinski definition) is 1. The molecule has 0 aliphatic rings. The molecular weight excluding hydrogens is 421 g/mol. The maximum absolute atomic E-state index is 11.6. The first-order chi connectivity index (χ1) is 10.0. The van der Waals surface area contributed by atoms with Crippen molar-refractivity contribution < 1.29 is 9.53 Å². The topological polar surface area (TPSA) is 38.3 Å². The zero-order chi connectivity index (χ0) is 15.4. The first-order valence-corrected chi connectivity index (χ1v) is 8.03. The molecule has 0 spiro atoms. The summed E-state index contributed by atoms with van der Waals surface area (Å²) in [7, 11) is 1.33. The smallest absolute Gasteiger partial charge is 0.339 e. The minimum Gasteiger partial charge on any atom is -0.465 e. The predicted molar refractivity (Wildman–Crippen MR) is 92.0 cm³/mol. The van der Waals surface area contributed by atoms with E-state index in [0.29, 0.717) is 17.1 Å². The van der Waals surface area contributed by atoms with Crippen LogP contribution in [0.5, 0.6) is 0 Å². The maximum atomic E-state index is 11.6. The van der Waals surface area contributed by atoms with E-state index < -0.39 is 5.97 Å². The lowest BCUT2D eigenvalue weighted by Gasteiger charge is -2.10. The van der Waals surface area contributed by atoms with Gasteiger partial charge in [-0.3, -0.25) is 0 Å². The second kappa shape index (κ2) is 7.29. The Hall–Kier alpha value is -1.04. The lowest BCUT2D eigenvalue weighted by Crippen LogP contribution is -2.05. The lowest BCUT2D eigenvalue weighted by atomic mass is 10.2. The van der Waals surface area contributed by atoms with Gasteiger partial charge in [-0.2, -0.15) is 0 Å². The van der Waals surface area contributed by atoms with Crippen molar-refractivity contribution in [2.45, 2.75) is 6.54 Å². The number of carbonyl (C=O) groups is 1. The Bertz CT molecular complexity index is 677. The molecule has 0 aliphatic heterocycles. The van der Waals surface area contributed by atoms with Crippen LogP contribution in [0.3, 0.4) is 0 Å². The fraction of sp³-hybridized carbons (Fsp3) is 0.133. The van der Waals surface area contributed by atoms with Crippen molar-refractivity contribution in [3.8, 4) is 0 Å². The number of ether oxygens (including phenoxy) is 1. The van der Waals surface area contributed by atoms with Gasteiger partial charge in [0.05, 0.1) is 17.7 Å². The second-order valence-electron chi connectivity index (χ2n) is 4.29. The molecule has 0 aromatic heterocycles. The van der Waals surface area contributed by atoms with Gasteiger partial charge in [-0.25, -0.2) is 4.79 Å². The van der Waals surface area contributed by atoms with Crippen LogP contribution in [-0.2, 0) is 11.3 Å². The molecule has 0 saturated carbocycles. The summed E-state index contributed by atoms with van der Waals surface area (Å²) in [4.78, 5) is 11.6. The van der Waals surface area contributed by atoms with Crippen LogP contribution in [0, 0.1) is 0 Å². The SMILES string of the molecule is COC(=O)c1cc(NCc2ccc(Br)c(Br)c2)ccc1Cl. The van der Waals surface area contributed by atoms with Crippen LogP contribution in [-0.4, -0.2) is 13.1 Å². The molecule has 0 aliphatic carbocycles. The number of anilines is 1. The van der Waals surface area contributed by atoms with E-state index >= 15 is 0 Å². The quantitative estimate of drug-likeness (QED) is 0.668. The zero-order valence-electron chi connectivity index (χ0n) is 11.1. The molecule has 0 fully saturated rings. The van der Waals surface area contributed by atoms with Crippen LogP contribution < -0.4 is 5.32 Å². The predicted octanol–water partition coefficient (Wildman–Crippen LogP) is 5.26. The molecule has 2 rings (SSSR count). The molecule has 21 heavy (non-hydrogen) atoms. The minimum atomic E-state index is -0.449. The Morgan fingerprint density at radius 3 is 2.62 bits per heavy atom. The maximum Gasteiger partial charge on any atom is 0.339 e. The summed E-state index contributed by atoms with van der Waals surface area (Å²) in [6.07, 6.45) is 0. The number of benzene rings is 2. The summed E-state index contributed by atoms with van der Waals surface area (Å²) in [5.41, 5.74) is 2.26. The number of carbonyl (C=O) groups excluding carboxylic acids is 1. The van der Waals surface area contributed by atoms with Crippen molar-refractivity contribution in [3.05, 3.63) is 61.5 Å². The number of esters is 1. The van der Waals surface area contributed by atoms with Gasteiger partial charge < -0.3 is 10.1 Å². The highest BCUT2D eigenvalue weighted by molar-refractivity contribution is 9.13. The second-order valence-corrected chi connectivity index (χ2v) is 6.40. The van der Waals surface area contributed by atoms with E-state index in [4.69, 9.17) is 16.3 Å². The molecule has 0 atom stereocenters. The molecule has 2 aromatic rings. The molecule has 3 nitrogen and oxygen atoms in total. The molecule has 2 aromatic carbocycles. The Morgan fingerprint density at radius 1 is 1.19 bits per heavy atom. The standard InChI is InChI=1S/C15H12Br2ClNO2/c1-21-15(20)11-7-10(3-5-14(11)18)19-8-9-2-4-12(16)13(17)6-9/h2-7,19H,8H2,1H3. The minimum absolute atomic E-state index is 0.348. The average molecular weight is 434 g/mol. The zero-order valence-corrected chi connectivity index (χ0v) is 15.0. The first kappa shape index (κ1) is 16.3. The molecule has 0 radical (unpaired) electrons. The first-order valence-electron chi connectivity index (χ1n) is 6.07. The van der Waals surface area contributed by atoms with Crippen LogP contribution in [0.15, 0.2) is 45.3 Å². The molecule has 6 heteroatoms. The van der Waals surface area contributed by atoms with E-state index in [1.54, 1.807) is 12.1 Å². The molecule has 1 N–H and O–H groups in total. The monoisotopic (exact) mass is 431 g/mol. The van der Waals surface area contributed by atoms with Crippen molar-refractivity contribution in [3.63, 3.8) is 0 Å². The summed E-state index contributed by atoms with van der Waals surface area (Å²) >= 11 is 12.9. The summed E-state index contributed by atoms with van der Waals surface area (Å²) < 4.78 is 6.70. The van der Waals surface area contributed by atoms with E-state index in [2.05, 4.69) is 37.2 Å². The summed E-state index contributed by atoms with van der Waals surface area (Å²) in [6, 6.07) is 11.2. The largest absolute Gasteiger partial charge is 0.465 e. The van der Waals surface area contributed by atoms with Crippen molar-refractivity contribution in [2.75, 3.05) is 12.4 Å². The Kier molecular flexibility index (Phi) is 5.67. The van der Waals surface area contributed by atoms with Crippen molar-refractivity contribution >= 4 is 55.1 Å². The third-order valence-corrected chi connectivity index (χ3v) is 5.06. The van der Waals surface area contributed by atoms with Gasteiger partial charge in [0.1, 0.15) is 0 Å². The van der Waals surface area contributed by atoms with E-state index in [9.17, 15) is 4.79 Å². The number of methoxy groups -OCH3 is 1. The van der Waals surface area contributed by atoms with Gasteiger partial charge in [-0.05, 0) is 67.8 Å². The van der Waals surface area contributed by atoms with Crippen molar-refractivity contribution in [2.24, 2.45) is 0 Å². The van der Waals surface area contributed by atoms with E-state index in [0.717, 1.165) is 20.2 Å². The highest BCUT2D eigenvalue weighted by atomic mass is 79.9. The van der Waals surface area contributed by atoms with Crippen LogP contribution in [0.1, 0.15) is 15.9 Å². The highest BCUT2D eigenvalue weighted by Gasteiger charge is 2.11. The summed E-state index contributed by atoms with van der Waals surface area (Å²) in [5, 5.41) is 3.63. The van der Waals surface area contributed by atoms with Crippen LogP contribution in [0.2, 0.25) is 5.02 Å². The normalized spacial score (nSPS) is 10.3. The summed E-state index contributed by atoms with van der Waals surface area (Å²) in [5.74, 6) is -0.449. The number of halogens is 3. The van der Waals surface area contributed by atoms with Gasteiger partial charge in [0.25, 0.3) is 0 Å². The van der Waals surface area contributed by atoms with Crippen molar-refractivity contribution in [1.29, 1.82) is 0 Å². The Balaban J connectivity index is 2.13. The number of hydrogen-bond acceptors (Lipinski definition) is 3. The lowest BCUT2D eigenvalue weighted by molar-refractivity contribution is 0.0601. The van der Waals surface area contributed by atoms with Gasteiger partial charge >= 0.3 is 5.97 Å². The molecule has 110 valence electrons. The van der Waals surface area contributed by atoms with Crippen LogP contribution >= 0.6 is 43.5 Å². The van der Waals surface area contributed by atoms with Gasteiger partial charge in [0, 0.05) is 21.2 Å². The van der Waals surface area contributed by atoms with Crippen LogP contribution in [0.25, 0.3) is 0 Å². The van der Waals surface area contributed by atoms with Crippen molar-refractivity contribution in [1.82, 2.24) is 0 Å². The average Bonchev–Trinajstić information content (AvgIpc) is 2.49. The molecule has 0 heterocycles. The third kappa shape index (κ3) is 4.22. The highest BCUT2D eigenvalue weighted by Crippen LogP contribution is 2.25. The number of nitrogens with one attached hydrogen (secondary N) is 1. The van der Waals surface area contributed by atoms with E-state index in [1.807, 2.05) is 24.3 Å². The van der Waals surface area contributed by atoms with E-state index in [1.165, 1.54) is 7.11 Å². The number of rotatable bonds is 4. The Morgan fingerprint density at radius 2 is 1.95 bits per heavy atom. The Labute approximate surface area is 144 Å². The van der Waals surface area contributed by atoms with Gasteiger partial charge in [-0.1, -0.05) is 17.7 Å². The fourth-order valence-corrected chi connectivity index (χ4v) is 2.62. The molecule has 0 unspecified atom stereocenters. The van der Waals surface area contributed by atoms with E-state index in [-0.39, 0.29) is 0 Å². The third-order valence-electron chi connectivity index (χ3n) is 2.85.